The summed E-state index contributed by atoms with van der Waals surface area (Å²) in [6, 6.07) is 5.56. The fraction of sp³-hybridized carbons (Fsp3) is 0.650. The number of nitrogens with zero attached hydrogens (tertiary/aromatic N) is 2. The lowest BCUT2D eigenvalue weighted by molar-refractivity contribution is -0.126. The van der Waals surface area contributed by atoms with Gasteiger partial charge in [-0.3, -0.25) is 9.10 Å². The minimum absolute atomic E-state index is 0.0313. The van der Waals surface area contributed by atoms with Crippen LogP contribution in [0.3, 0.4) is 0 Å². The van der Waals surface area contributed by atoms with Crippen molar-refractivity contribution in [1.29, 1.82) is 0 Å². The molecular formula is C20H30FN3O3S. The molecule has 1 amide bonds. The van der Waals surface area contributed by atoms with Gasteiger partial charge in [-0.2, -0.15) is 12.7 Å². The molecule has 1 saturated carbocycles. The van der Waals surface area contributed by atoms with Crippen LogP contribution < -0.4 is 9.62 Å². The van der Waals surface area contributed by atoms with Crippen LogP contribution in [0.15, 0.2) is 24.3 Å². The molecular weight excluding hydrogens is 381 g/mol. The van der Waals surface area contributed by atoms with Gasteiger partial charge in [-0.05, 0) is 49.9 Å². The van der Waals surface area contributed by atoms with Crippen molar-refractivity contribution in [3.05, 3.63) is 30.1 Å². The highest BCUT2D eigenvalue weighted by atomic mass is 32.2. The van der Waals surface area contributed by atoms with Crippen LogP contribution in [0, 0.1) is 11.7 Å². The zero-order chi connectivity index (χ0) is 20.1. The number of rotatable bonds is 5. The Hall–Kier alpha value is -1.67. The number of halogens is 1. The van der Waals surface area contributed by atoms with E-state index in [-0.39, 0.29) is 24.4 Å². The van der Waals surface area contributed by atoms with Crippen LogP contribution in [-0.2, 0) is 15.0 Å². The van der Waals surface area contributed by atoms with Crippen LogP contribution >= 0.6 is 0 Å². The summed E-state index contributed by atoms with van der Waals surface area (Å²) in [5.41, 5.74) is 0.395. The zero-order valence-corrected chi connectivity index (χ0v) is 17.3. The summed E-state index contributed by atoms with van der Waals surface area (Å²) in [5, 5.41) is 3.15. The Labute approximate surface area is 167 Å². The highest BCUT2D eigenvalue weighted by Crippen LogP contribution is 2.25. The van der Waals surface area contributed by atoms with E-state index >= 15 is 0 Å². The second-order valence-electron chi connectivity index (χ2n) is 7.85. The molecule has 3 rings (SSSR count). The summed E-state index contributed by atoms with van der Waals surface area (Å²) in [5.74, 6) is -0.771. The van der Waals surface area contributed by atoms with Crippen molar-refractivity contribution in [3.8, 4) is 0 Å². The second kappa shape index (κ2) is 9.22. The number of carbonyl (C=O) groups is 1. The SMILES string of the molecule is CN(c1ccc(F)cc1)S(=O)(=O)N1CCC[C@H](C(=O)NC2CCCCCC2)C1. The normalized spacial score (nSPS) is 22.4. The molecule has 1 aromatic carbocycles. The van der Waals surface area contributed by atoms with E-state index in [0.717, 1.165) is 30.0 Å². The summed E-state index contributed by atoms with van der Waals surface area (Å²) in [7, 11) is -2.31. The van der Waals surface area contributed by atoms with Gasteiger partial charge in [0.1, 0.15) is 5.82 Å². The maximum atomic E-state index is 13.1. The van der Waals surface area contributed by atoms with Crippen molar-refractivity contribution in [3.63, 3.8) is 0 Å². The molecule has 0 bridgehead atoms. The van der Waals surface area contributed by atoms with Crippen molar-refractivity contribution in [1.82, 2.24) is 9.62 Å². The summed E-state index contributed by atoms with van der Waals surface area (Å²) < 4.78 is 41.7. The molecule has 1 heterocycles. The van der Waals surface area contributed by atoms with Crippen molar-refractivity contribution >= 4 is 21.8 Å². The van der Waals surface area contributed by atoms with Crippen LogP contribution in [0.1, 0.15) is 51.4 Å². The fourth-order valence-electron chi connectivity index (χ4n) is 4.07. The molecule has 1 aliphatic carbocycles. The first kappa shape index (κ1) is 21.0. The van der Waals surface area contributed by atoms with Gasteiger partial charge in [-0.25, -0.2) is 4.39 Å². The lowest BCUT2D eigenvalue weighted by atomic mass is 9.97. The molecule has 0 aromatic heterocycles. The standard InChI is InChI=1S/C20H30FN3O3S/c1-23(19-12-10-17(21)11-13-19)28(26,27)24-14-6-7-16(15-24)20(25)22-18-8-4-2-3-5-9-18/h10-13,16,18H,2-9,14-15H2,1H3,(H,22,25)/t16-/m0/s1. The van der Waals surface area contributed by atoms with Gasteiger partial charge in [0.25, 0.3) is 0 Å². The molecule has 0 unspecified atom stereocenters. The van der Waals surface area contributed by atoms with Gasteiger partial charge in [0.15, 0.2) is 0 Å². The predicted octanol–water partition coefficient (Wildman–Crippen LogP) is 3.06. The second-order valence-corrected chi connectivity index (χ2v) is 9.81. The van der Waals surface area contributed by atoms with E-state index in [2.05, 4.69) is 5.32 Å². The minimum Gasteiger partial charge on any atom is -0.353 e. The molecule has 1 atom stereocenters. The summed E-state index contributed by atoms with van der Waals surface area (Å²) >= 11 is 0. The van der Waals surface area contributed by atoms with Crippen LogP contribution in [0.2, 0.25) is 0 Å². The number of hydrogen-bond acceptors (Lipinski definition) is 3. The third kappa shape index (κ3) is 5.03. The van der Waals surface area contributed by atoms with E-state index in [1.807, 2.05) is 0 Å². The lowest BCUT2D eigenvalue weighted by Gasteiger charge is -2.35. The Morgan fingerprint density at radius 2 is 1.71 bits per heavy atom. The fourth-order valence-corrected chi connectivity index (χ4v) is 5.53. The molecule has 156 valence electrons. The first-order valence-electron chi connectivity index (χ1n) is 10.2. The van der Waals surface area contributed by atoms with E-state index in [1.165, 1.54) is 48.5 Å². The van der Waals surface area contributed by atoms with Gasteiger partial charge >= 0.3 is 10.2 Å². The van der Waals surface area contributed by atoms with Gasteiger partial charge in [0.05, 0.1) is 11.6 Å². The number of carbonyl (C=O) groups excluding carboxylic acids is 1. The zero-order valence-electron chi connectivity index (χ0n) is 16.4. The summed E-state index contributed by atoms with van der Waals surface area (Å²) in [4.78, 5) is 12.7. The molecule has 1 aromatic rings. The average Bonchev–Trinajstić information content (AvgIpc) is 2.97. The van der Waals surface area contributed by atoms with E-state index < -0.39 is 16.0 Å². The number of piperidine rings is 1. The number of anilines is 1. The number of nitrogens with one attached hydrogen (secondary N) is 1. The van der Waals surface area contributed by atoms with Crippen LogP contribution in [-0.4, -0.2) is 44.8 Å². The third-order valence-corrected chi connectivity index (χ3v) is 7.71. The largest absolute Gasteiger partial charge is 0.353 e. The highest BCUT2D eigenvalue weighted by Gasteiger charge is 2.35. The average molecular weight is 412 g/mol. The summed E-state index contributed by atoms with van der Waals surface area (Å²) in [6.07, 6.45) is 8.08. The van der Waals surface area contributed by atoms with Crippen molar-refractivity contribution < 1.29 is 17.6 Å². The molecule has 0 radical (unpaired) electrons. The Bertz CT molecular complexity index is 761. The molecule has 6 nitrogen and oxygen atoms in total. The number of amides is 1. The maximum Gasteiger partial charge on any atom is 0.303 e. The van der Waals surface area contributed by atoms with E-state index in [0.29, 0.717) is 25.1 Å². The van der Waals surface area contributed by atoms with Crippen LogP contribution in [0.4, 0.5) is 10.1 Å². The molecule has 0 spiro atoms. The monoisotopic (exact) mass is 411 g/mol. The predicted molar refractivity (Wildman–Crippen MR) is 108 cm³/mol. The van der Waals surface area contributed by atoms with Crippen molar-refractivity contribution in [2.75, 3.05) is 24.4 Å². The summed E-state index contributed by atoms with van der Waals surface area (Å²) in [6.45, 7) is 0.577. The molecule has 1 saturated heterocycles. The van der Waals surface area contributed by atoms with Crippen LogP contribution in [0.5, 0.6) is 0 Å². The first-order valence-corrected chi connectivity index (χ1v) is 11.6. The van der Waals surface area contributed by atoms with Gasteiger partial charge in [-0.15, -0.1) is 0 Å². The smallest absolute Gasteiger partial charge is 0.303 e. The van der Waals surface area contributed by atoms with E-state index in [9.17, 15) is 17.6 Å². The Morgan fingerprint density at radius 3 is 2.36 bits per heavy atom. The van der Waals surface area contributed by atoms with Crippen molar-refractivity contribution in [2.45, 2.75) is 57.4 Å². The van der Waals surface area contributed by atoms with Crippen molar-refractivity contribution in [2.24, 2.45) is 5.92 Å². The quantitative estimate of drug-likeness (QED) is 0.757. The molecule has 1 aliphatic heterocycles. The van der Waals surface area contributed by atoms with E-state index in [4.69, 9.17) is 0 Å². The van der Waals surface area contributed by atoms with Gasteiger partial charge in [0, 0.05) is 26.2 Å². The lowest BCUT2D eigenvalue weighted by Crippen LogP contribution is -2.50. The van der Waals surface area contributed by atoms with Gasteiger partial charge < -0.3 is 5.32 Å². The molecule has 8 heteroatoms. The third-order valence-electron chi connectivity index (χ3n) is 5.82. The molecule has 1 N–H and O–H groups in total. The number of hydrogen-bond donors (Lipinski definition) is 1. The molecule has 2 aliphatic rings. The maximum absolute atomic E-state index is 13.1. The Balaban J connectivity index is 1.64. The first-order chi connectivity index (χ1) is 13.4. The van der Waals surface area contributed by atoms with Crippen LogP contribution in [0.25, 0.3) is 0 Å². The molecule has 28 heavy (non-hydrogen) atoms. The van der Waals surface area contributed by atoms with E-state index in [1.54, 1.807) is 0 Å². The topological polar surface area (TPSA) is 69.7 Å². The Morgan fingerprint density at radius 1 is 1.07 bits per heavy atom. The Kier molecular flexibility index (Phi) is 6.93. The minimum atomic E-state index is -3.77. The molecule has 2 fully saturated rings. The van der Waals surface area contributed by atoms with Gasteiger partial charge in [0.2, 0.25) is 5.91 Å². The number of benzene rings is 1. The van der Waals surface area contributed by atoms with Gasteiger partial charge in [-0.1, -0.05) is 25.7 Å². The highest BCUT2D eigenvalue weighted by molar-refractivity contribution is 7.90.